The molecule has 0 unspecified atom stereocenters. The summed E-state index contributed by atoms with van der Waals surface area (Å²) in [5.74, 6) is -1.25. The number of aryl methyl sites for hydroxylation is 2. The van der Waals surface area contributed by atoms with Gasteiger partial charge in [0.05, 0.1) is 23.4 Å². The van der Waals surface area contributed by atoms with Gasteiger partial charge in [-0.1, -0.05) is 6.92 Å². The van der Waals surface area contributed by atoms with Crippen LogP contribution in [-0.4, -0.2) is 61.8 Å². The second-order valence-corrected chi connectivity index (χ2v) is 9.41. The second kappa shape index (κ2) is 9.62. The number of imidazole rings is 1. The lowest BCUT2D eigenvalue weighted by atomic mass is 10.0. The quantitative estimate of drug-likeness (QED) is 0.365. The number of amides is 1. The van der Waals surface area contributed by atoms with Crippen molar-refractivity contribution in [1.82, 2.24) is 24.5 Å². The number of carbonyl (C=O) groups is 2. The summed E-state index contributed by atoms with van der Waals surface area (Å²) < 4.78 is 3.49. The van der Waals surface area contributed by atoms with Gasteiger partial charge in [0.2, 0.25) is 0 Å². The molecule has 0 saturated carbocycles. The molecule has 1 amide bonds. The van der Waals surface area contributed by atoms with Crippen molar-refractivity contribution in [2.45, 2.75) is 39.2 Å². The molecule has 3 aromatic heterocycles. The SMILES string of the molecule is CCNC1CCN(c2ccc(C(=O)Nc3cc(CC(=O)O)c4nc(C)cn4c3)c3nn(C)cc23)CC1. The van der Waals surface area contributed by atoms with Crippen molar-refractivity contribution in [1.29, 1.82) is 0 Å². The van der Waals surface area contributed by atoms with Gasteiger partial charge in [-0.25, -0.2) is 4.98 Å². The first kappa shape index (κ1) is 23.8. The topological polar surface area (TPSA) is 117 Å². The summed E-state index contributed by atoms with van der Waals surface area (Å²) in [7, 11) is 1.86. The normalized spacial score (nSPS) is 14.6. The van der Waals surface area contributed by atoms with Crippen LogP contribution in [0.5, 0.6) is 0 Å². The molecule has 0 atom stereocenters. The first-order chi connectivity index (χ1) is 17.3. The highest BCUT2D eigenvalue weighted by molar-refractivity contribution is 6.14. The number of carboxylic acid groups (broad SMARTS) is 1. The van der Waals surface area contributed by atoms with Gasteiger partial charge in [0.1, 0.15) is 11.2 Å². The van der Waals surface area contributed by atoms with Crippen molar-refractivity contribution in [2.75, 3.05) is 29.9 Å². The Kier molecular flexibility index (Phi) is 6.36. The minimum absolute atomic E-state index is 0.187. The van der Waals surface area contributed by atoms with E-state index < -0.39 is 5.97 Å². The lowest BCUT2D eigenvalue weighted by Gasteiger charge is -2.34. The Morgan fingerprint density at radius 3 is 2.67 bits per heavy atom. The van der Waals surface area contributed by atoms with E-state index in [0.29, 0.717) is 34.0 Å². The van der Waals surface area contributed by atoms with Gasteiger partial charge in [0.15, 0.2) is 0 Å². The monoisotopic (exact) mass is 489 g/mol. The third-order valence-electron chi connectivity index (χ3n) is 6.69. The van der Waals surface area contributed by atoms with Gasteiger partial charge in [-0.05, 0) is 44.5 Å². The van der Waals surface area contributed by atoms with Crippen molar-refractivity contribution in [2.24, 2.45) is 7.05 Å². The van der Waals surface area contributed by atoms with Crippen molar-refractivity contribution in [3.8, 4) is 0 Å². The highest BCUT2D eigenvalue weighted by Gasteiger charge is 2.23. The minimum Gasteiger partial charge on any atom is -0.481 e. The molecule has 0 aliphatic carbocycles. The van der Waals surface area contributed by atoms with Crippen molar-refractivity contribution >= 4 is 39.8 Å². The fraction of sp³-hybridized carbons (Fsp3) is 0.385. The third-order valence-corrected chi connectivity index (χ3v) is 6.69. The van der Waals surface area contributed by atoms with Crippen LogP contribution in [0.1, 0.15) is 41.4 Å². The van der Waals surface area contributed by atoms with E-state index in [2.05, 4.69) is 32.5 Å². The molecule has 10 heteroatoms. The maximum absolute atomic E-state index is 13.4. The Morgan fingerprint density at radius 2 is 1.94 bits per heavy atom. The average molecular weight is 490 g/mol. The first-order valence-corrected chi connectivity index (χ1v) is 12.3. The molecule has 1 fully saturated rings. The average Bonchev–Trinajstić information content (AvgIpc) is 3.40. The number of nitrogens with one attached hydrogen (secondary N) is 2. The summed E-state index contributed by atoms with van der Waals surface area (Å²) in [5.41, 5.74) is 4.58. The lowest BCUT2D eigenvalue weighted by Crippen LogP contribution is -2.42. The largest absolute Gasteiger partial charge is 0.481 e. The molecule has 10 nitrogen and oxygen atoms in total. The Hall–Kier alpha value is -3.92. The van der Waals surface area contributed by atoms with Gasteiger partial charge in [0.25, 0.3) is 5.91 Å². The second-order valence-electron chi connectivity index (χ2n) is 9.41. The number of hydrogen-bond donors (Lipinski definition) is 3. The van der Waals surface area contributed by atoms with Gasteiger partial charge in [0, 0.05) is 61.4 Å². The number of anilines is 2. The molecule has 4 aromatic rings. The van der Waals surface area contributed by atoms with Crippen molar-refractivity contribution in [3.63, 3.8) is 0 Å². The summed E-state index contributed by atoms with van der Waals surface area (Å²) in [5, 5.41) is 21.4. The molecule has 0 radical (unpaired) electrons. The molecule has 0 bridgehead atoms. The number of carboxylic acids is 1. The summed E-state index contributed by atoms with van der Waals surface area (Å²) >= 11 is 0. The number of pyridine rings is 1. The number of fused-ring (bicyclic) bond motifs is 2. The number of rotatable bonds is 7. The van der Waals surface area contributed by atoms with E-state index in [1.165, 1.54) is 0 Å². The van der Waals surface area contributed by atoms with E-state index in [9.17, 15) is 14.7 Å². The van der Waals surface area contributed by atoms with Crippen LogP contribution < -0.4 is 15.5 Å². The molecule has 1 aliphatic heterocycles. The predicted molar refractivity (Wildman–Crippen MR) is 139 cm³/mol. The molecule has 1 saturated heterocycles. The maximum Gasteiger partial charge on any atom is 0.307 e. The van der Waals surface area contributed by atoms with E-state index in [1.807, 2.05) is 32.3 Å². The Morgan fingerprint density at radius 1 is 1.17 bits per heavy atom. The zero-order valence-electron chi connectivity index (χ0n) is 20.8. The smallest absolute Gasteiger partial charge is 0.307 e. The van der Waals surface area contributed by atoms with Gasteiger partial charge in [-0.2, -0.15) is 5.10 Å². The van der Waals surface area contributed by atoms with E-state index in [0.717, 1.165) is 49.2 Å². The van der Waals surface area contributed by atoms with E-state index in [-0.39, 0.29) is 12.3 Å². The van der Waals surface area contributed by atoms with Crippen LogP contribution in [0.25, 0.3) is 16.6 Å². The Balaban J connectivity index is 1.44. The van der Waals surface area contributed by atoms with Crippen molar-refractivity contribution in [3.05, 3.63) is 53.6 Å². The lowest BCUT2D eigenvalue weighted by molar-refractivity contribution is -0.136. The fourth-order valence-electron chi connectivity index (χ4n) is 5.13. The molecule has 4 heterocycles. The number of piperidine rings is 1. The standard InChI is InChI=1S/C26H31N7O3/c1-4-27-18-7-9-32(10-8-18)22-6-5-20(24-21(22)15-31(3)30-24)26(36)29-19-11-17(12-23(34)35)25-28-16(2)13-33(25)14-19/h5-6,11,13-15,18,27H,4,7-10,12H2,1-3H3,(H,29,36)(H,34,35). The highest BCUT2D eigenvalue weighted by atomic mass is 16.4. The fourth-order valence-corrected chi connectivity index (χ4v) is 5.13. The third kappa shape index (κ3) is 4.64. The predicted octanol–water partition coefficient (Wildman–Crippen LogP) is 2.99. The number of aromatic nitrogens is 4. The Labute approximate surface area is 208 Å². The first-order valence-electron chi connectivity index (χ1n) is 12.3. The van der Waals surface area contributed by atoms with Gasteiger partial charge >= 0.3 is 5.97 Å². The van der Waals surface area contributed by atoms with E-state index >= 15 is 0 Å². The molecule has 1 aliphatic rings. The summed E-state index contributed by atoms with van der Waals surface area (Å²) in [6.45, 7) is 6.86. The molecule has 5 rings (SSSR count). The molecular formula is C26H31N7O3. The van der Waals surface area contributed by atoms with Crippen LogP contribution in [0.2, 0.25) is 0 Å². The zero-order chi connectivity index (χ0) is 25.4. The van der Waals surface area contributed by atoms with Gasteiger partial charge in [-0.3, -0.25) is 14.3 Å². The van der Waals surface area contributed by atoms with Crippen LogP contribution in [0.15, 0.2) is 36.8 Å². The van der Waals surface area contributed by atoms with E-state index in [1.54, 1.807) is 27.5 Å². The van der Waals surface area contributed by atoms with Crippen LogP contribution >= 0.6 is 0 Å². The maximum atomic E-state index is 13.4. The molecule has 0 spiro atoms. The molecule has 3 N–H and O–H groups in total. The summed E-state index contributed by atoms with van der Waals surface area (Å²) in [4.78, 5) is 31.6. The number of carbonyl (C=O) groups excluding carboxylic acids is 1. The van der Waals surface area contributed by atoms with Crippen LogP contribution in [0.4, 0.5) is 11.4 Å². The Bertz CT molecular complexity index is 1450. The molecule has 188 valence electrons. The number of aliphatic carboxylic acids is 1. The summed E-state index contributed by atoms with van der Waals surface area (Å²) in [6, 6.07) is 6.05. The number of nitrogens with zero attached hydrogens (tertiary/aromatic N) is 5. The van der Waals surface area contributed by atoms with Gasteiger partial charge in [-0.15, -0.1) is 0 Å². The number of hydrogen-bond acceptors (Lipinski definition) is 6. The van der Waals surface area contributed by atoms with Crippen LogP contribution in [-0.2, 0) is 18.3 Å². The number of benzene rings is 1. The molecule has 36 heavy (non-hydrogen) atoms. The minimum atomic E-state index is -0.957. The molecular weight excluding hydrogens is 458 g/mol. The van der Waals surface area contributed by atoms with Crippen LogP contribution in [0.3, 0.4) is 0 Å². The molecule has 1 aromatic carbocycles. The van der Waals surface area contributed by atoms with Crippen LogP contribution in [0, 0.1) is 6.92 Å². The zero-order valence-corrected chi connectivity index (χ0v) is 20.8. The highest BCUT2D eigenvalue weighted by Crippen LogP contribution is 2.31. The van der Waals surface area contributed by atoms with Crippen molar-refractivity contribution < 1.29 is 14.7 Å². The summed E-state index contributed by atoms with van der Waals surface area (Å²) in [6.07, 6.45) is 7.48. The van der Waals surface area contributed by atoms with Gasteiger partial charge < -0.3 is 25.0 Å². The van der Waals surface area contributed by atoms with E-state index in [4.69, 9.17) is 0 Å².